The highest BCUT2D eigenvalue weighted by Crippen LogP contribution is 2.52. The Morgan fingerprint density at radius 2 is 1.04 bits per heavy atom. The summed E-state index contributed by atoms with van der Waals surface area (Å²) < 4.78 is 6.88. The Labute approximate surface area is 404 Å². The summed E-state index contributed by atoms with van der Waals surface area (Å²) in [5.41, 5.74) is 18.9. The molecule has 3 aliphatic rings. The minimum Gasteiger partial charge on any atom is -0.456 e. The van der Waals surface area contributed by atoms with Gasteiger partial charge in [0.05, 0.1) is 5.69 Å². The number of fused-ring (bicyclic) bond motifs is 10. The third-order valence-corrected chi connectivity index (χ3v) is 20.1. The molecule has 0 unspecified atom stereocenters. The lowest BCUT2D eigenvalue weighted by Gasteiger charge is -2.52. The van der Waals surface area contributed by atoms with E-state index in [1.165, 1.54) is 87.7 Å². The highest BCUT2D eigenvalue weighted by molar-refractivity contribution is 7.22. The predicted molar refractivity (Wildman–Crippen MR) is 294 cm³/mol. The van der Waals surface area contributed by atoms with E-state index in [4.69, 9.17) is 4.42 Å². The van der Waals surface area contributed by atoms with Gasteiger partial charge in [-0.15, -0.1) is 0 Å². The van der Waals surface area contributed by atoms with E-state index in [0.29, 0.717) is 0 Å². The van der Waals surface area contributed by atoms with Gasteiger partial charge in [-0.1, -0.05) is 203 Å². The Morgan fingerprint density at radius 1 is 0.420 bits per heavy atom. The van der Waals surface area contributed by atoms with Gasteiger partial charge in [-0.25, -0.2) is 0 Å². The second-order valence-corrected chi connectivity index (χ2v) is 23.7. The Kier molecular flexibility index (Phi) is 8.66. The number of benzene rings is 10. The molecule has 14 rings (SSSR count). The fourth-order valence-corrected chi connectivity index (χ4v) is 17.4. The zero-order valence-corrected chi connectivity index (χ0v) is 39.8. The van der Waals surface area contributed by atoms with E-state index in [1.807, 2.05) is 0 Å². The average Bonchev–Trinajstić information content (AvgIpc) is 3.79. The lowest BCUT2D eigenvalue weighted by atomic mass is 9.42. The molecule has 69 heavy (non-hydrogen) atoms. The summed E-state index contributed by atoms with van der Waals surface area (Å²) in [6, 6.07) is 86.6. The highest BCUT2D eigenvalue weighted by atomic mass is 28.3. The van der Waals surface area contributed by atoms with Gasteiger partial charge in [-0.2, -0.15) is 0 Å². The van der Waals surface area contributed by atoms with Crippen molar-refractivity contribution >= 4 is 97.0 Å². The SMILES string of the molecule is CC(C)(C)c1ccc(N2c3cc(-c4ccccc4)cc4c3B(c3c2ccc2oc5ccccc5c32)N2c3ccccc3[Si](c3ccccc3)(c3ccccc3)c3cccc-4c32)c(-c2ccccc2)c1. The number of rotatable bonds is 5. The monoisotopic (exact) mass is 898 g/mol. The molecule has 0 fully saturated rings. The molecule has 0 saturated carbocycles. The van der Waals surface area contributed by atoms with E-state index in [1.54, 1.807) is 0 Å². The van der Waals surface area contributed by atoms with Gasteiger partial charge in [-0.05, 0) is 113 Å². The average molecular weight is 899 g/mol. The van der Waals surface area contributed by atoms with Gasteiger partial charge in [0, 0.05) is 44.6 Å². The van der Waals surface area contributed by atoms with Crippen LogP contribution in [0.25, 0.3) is 55.3 Å². The first-order valence-electron chi connectivity index (χ1n) is 24.2. The minimum absolute atomic E-state index is 0.0532. The molecule has 1 aromatic heterocycles. The summed E-state index contributed by atoms with van der Waals surface area (Å²) in [4.78, 5) is 5.36. The summed E-state index contributed by atoms with van der Waals surface area (Å²) in [5, 5.41) is 7.86. The van der Waals surface area contributed by atoms with Crippen molar-refractivity contribution in [2.45, 2.75) is 26.2 Å². The molecular formula is C64H47BN2OSi. The van der Waals surface area contributed by atoms with Gasteiger partial charge >= 0.3 is 6.85 Å². The van der Waals surface area contributed by atoms with Crippen molar-refractivity contribution in [3.05, 3.63) is 236 Å². The van der Waals surface area contributed by atoms with Crippen LogP contribution in [0, 0.1) is 0 Å². The molecule has 0 bridgehead atoms. The molecule has 3 nitrogen and oxygen atoms in total. The summed E-state index contributed by atoms with van der Waals surface area (Å²) in [7, 11) is -2.95. The first kappa shape index (κ1) is 40.0. The lowest BCUT2D eigenvalue weighted by Crippen LogP contribution is -2.79. The molecule has 0 radical (unpaired) electrons. The van der Waals surface area contributed by atoms with Crippen LogP contribution in [0.15, 0.2) is 235 Å². The molecule has 0 atom stereocenters. The van der Waals surface area contributed by atoms with E-state index in [0.717, 1.165) is 33.3 Å². The minimum atomic E-state index is -2.95. The van der Waals surface area contributed by atoms with Crippen molar-refractivity contribution < 1.29 is 4.42 Å². The normalized spacial score (nSPS) is 14.0. The molecule has 0 saturated heterocycles. The molecule has 4 heterocycles. The molecule has 10 aromatic carbocycles. The summed E-state index contributed by atoms with van der Waals surface area (Å²) in [5.74, 6) is 0. The van der Waals surface area contributed by atoms with Crippen LogP contribution in [0.5, 0.6) is 0 Å². The van der Waals surface area contributed by atoms with Crippen molar-refractivity contribution in [3.63, 3.8) is 0 Å². The van der Waals surface area contributed by atoms with Gasteiger partial charge in [0.15, 0.2) is 8.07 Å². The number of hydrogen-bond acceptors (Lipinski definition) is 3. The number of hydrogen-bond donors (Lipinski definition) is 0. The molecule has 0 aliphatic carbocycles. The quantitative estimate of drug-likeness (QED) is 0.161. The van der Waals surface area contributed by atoms with Crippen LogP contribution in [0.4, 0.5) is 28.4 Å². The van der Waals surface area contributed by atoms with Crippen LogP contribution in [0.1, 0.15) is 26.3 Å². The lowest BCUT2D eigenvalue weighted by molar-refractivity contribution is 0.590. The second-order valence-electron chi connectivity index (χ2n) is 19.9. The Hall–Kier alpha value is -8.12. The van der Waals surface area contributed by atoms with Crippen LogP contribution in [0.3, 0.4) is 0 Å². The van der Waals surface area contributed by atoms with Crippen molar-refractivity contribution in [2.75, 3.05) is 9.71 Å². The van der Waals surface area contributed by atoms with Crippen LogP contribution < -0.4 is 41.4 Å². The third-order valence-electron chi connectivity index (χ3n) is 15.3. The second kappa shape index (κ2) is 14.9. The molecular weight excluding hydrogens is 852 g/mol. The third kappa shape index (κ3) is 5.68. The van der Waals surface area contributed by atoms with E-state index in [9.17, 15) is 0 Å². The van der Waals surface area contributed by atoms with Crippen LogP contribution in [-0.2, 0) is 5.41 Å². The maximum absolute atomic E-state index is 6.88. The molecule has 0 spiro atoms. The fraction of sp³-hybridized carbons (Fsp3) is 0.0625. The smallest absolute Gasteiger partial charge is 0.333 e. The Bertz CT molecular complexity index is 3800. The van der Waals surface area contributed by atoms with Crippen molar-refractivity contribution in [3.8, 4) is 33.4 Å². The number of anilines is 5. The molecule has 5 heteroatoms. The van der Waals surface area contributed by atoms with Crippen molar-refractivity contribution in [2.24, 2.45) is 0 Å². The first-order chi connectivity index (χ1) is 33.9. The van der Waals surface area contributed by atoms with E-state index < -0.39 is 8.07 Å². The van der Waals surface area contributed by atoms with Crippen molar-refractivity contribution in [1.29, 1.82) is 0 Å². The summed E-state index contributed by atoms with van der Waals surface area (Å²) in [6.07, 6.45) is 0. The van der Waals surface area contributed by atoms with Gasteiger partial charge in [0.2, 0.25) is 0 Å². The Balaban J connectivity index is 1.18. The van der Waals surface area contributed by atoms with E-state index >= 15 is 0 Å². The molecule has 0 amide bonds. The Morgan fingerprint density at radius 3 is 1.77 bits per heavy atom. The zero-order chi connectivity index (χ0) is 46.0. The standard InChI is InChI=1S/C64H47BN2OSi/c1-64(2,3)45-35-36-52(50(41-45)43-23-10-5-11-24-43)66-54-37-38-57-60(49-29-16-18-32-56(49)68-57)62(54)65-61-51(39-44(40-55(61)66)42-21-8-4-9-22-42)48-30-20-34-59-63(48)67(65)53-31-17-19-33-58(53)69(59,46-25-12-6-13-26-46)47-27-14-7-15-28-47/h4-41H,1-3H3. The van der Waals surface area contributed by atoms with Crippen LogP contribution >= 0.6 is 0 Å². The topological polar surface area (TPSA) is 19.6 Å². The molecule has 11 aromatic rings. The maximum atomic E-state index is 6.88. The summed E-state index contributed by atoms with van der Waals surface area (Å²) >= 11 is 0. The summed E-state index contributed by atoms with van der Waals surface area (Å²) in [6.45, 7) is 6.73. The van der Waals surface area contributed by atoms with Crippen molar-refractivity contribution in [1.82, 2.24) is 0 Å². The number of nitrogens with zero attached hydrogens (tertiary/aromatic N) is 2. The van der Waals surface area contributed by atoms with E-state index in [2.05, 4.69) is 261 Å². The number of furan rings is 1. The largest absolute Gasteiger partial charge is 0.456 e. The molecule has 0 N–H and O–H groups in total. The first-order valence-corrected chi connectivity index (χ1v) is 26.2. The van der Waals surface area contributed by atoms with Gasteiger partial charge in [0.25, 0.3) is 0 Å². The fourth-order valence-electron chi connectivity index (χ4n) is 12.3. The van der Waals surface area contributed by atoms with Gasteiger partial charge in [-0.3, -0.25) is 0 Å². The molecule has 326 valence electrons. The zero-order valence-electron chi connectivity index (χ0n) is 38.8. The van der Waals surface area contributed by atoms with Crippen LogP contribution in [0.2, 0.25) is 0 Å². The van der Waals surface area contributed by atoms with Gasteiger partial charge < -0.3 is 14.1 Å². The van der Waals surface area contributed by atoms with Gasteiger partial charge in [0.1, 0.15) is 11.2 Å². The maximum Gasteiger partial charge on any atom is 0.333 e. The predicted octanol–water partition coefficient (Wildman–Crippen LogP) is 12.6. The van der Waals surface area contributed by atoms with Crippen LogP contribution in [-0.4, -0.2) is 14.9 Å². The highest BCUT2D eigenvalue weighted by Gasteiger charge is 2.55. The number of para-hydroxylation sites is 3. The molecule has 3 aliphatic heterocycles. The van der Waals surface area contributed by atoms with E-state index in [-0.39, 0.29) is 12.3 Å².